The minimum atomic E-state index is -3.52. The summed E-state index contributed by atoms with van der Waals surface area (Å²) in [5, 5.41) is 0. The van der Waals surface area contributed by atoms with Crippen LogP contribution in [0, 0.1) is 17.3 Å². The van der Waals surface area contributed by atoms with E-state index in [2.05, 4.69) is 0 Å². The molecule has 2 aliphatic rings. The molecule has 3 rings (SSSR count). The molecule has 0 aromatic heterocycles. The summed E-state index contributed by atoms with van der Waals surface area (Å²) in [7, 11) is -3.52. The van der Waals surface area contributed by atoms with E-state index in [-0.39, 0.29) is 28.1 Å². The van der Waals surface area contributed by atoms with Gasteiger partial charge in [-0.25, -0.2) is 8.42 Å². The number of Topliss-reactive ketones (excluding diaryl/α,β-unsaturated/α-hetero) is 2. The molecule has 0 heterocycles. The Bertz CT molecular complexity index is 723. The van der Waals surface area contributed by atoms with Crippen LogP contribution in [0.5, 0.6) is 0 Å². The van der Waals surface area contributed by atoms with Crippen LogP contribution in [0.3, 0.4) is 0 Å². The van der Waals surface area contributed by atoms with Gasteiger partial charge < -0.3 is 0 Å². The van der Waals surface area contributed by atoms with Crippen molar-refractivity contribution in [1.82, 2.24) is 0 Å². The van der Waals surface area contributed by atoms with Crippen LogP contribution in [0.2, 0.25) is 0 Å². The van der Waals surface area contributed by atoms with E-state index in [1.165, 1.54) is 0 Å². The zero-order valence-electron chi connectivity index (χ0n) is 13.3. The van der Waals surface area contributed by atoms with Crippen molar-refractivity contribution in [2.75, 3.05) is 5.75 Å². The molecule has 0 spiro atoms. The van der Waals surface area contributed by atoms with Gasteiger partial charge in [0.15, 0.2) is 9.84 Å². The average Bonchev–Trinajstić information content (AvgIpc) is 2.89. The molecule has 2 unspecified atom stereocenters. The lowest BCUT2D eigenvalue weighted by Gasteiger charge is -2.41. The normalized spacial score (nSPS) is 31.2. The molecule has 0 N–H and O–H groups in total. The van der Waals surface area contributed by atoms with Crippen molar-refractivity contribution in [2.45, 2.75) is 43.9 Å². The van der Waals surface area contributed by atoms with Gasteiger partial charge in [-0.2, -0.15) is 0 Å². The Morgan fingerprint density at radius 2 is 1.83 bits per heavy atom. The topological polar surface area (TPSA) is 68.3 Å². The second-order valence-corrected chi connectivity index (χ2v) is 8.78. The molecule has 4 nitrogen and oxygen atoms in total. The fourth-order valence-corrected chi connectivity index (χ4v) is 6.15. The third-order valence-electron chi connectivity index (χ3n) is 5.80. The first-order chi connectivity index (χ1) is 10.9. The molecule has 5 heteroatoms. The Morgan fingerprint density at radius 3 is 2.48 bits per heavy atom. The van der Waals surface area contributed by atoms with Gasteiger partial charge in [0.2, 0.25) is 0 Å². The maximum absolute atomic E-state index is 12.7. The van der Waals surface area contributed by atoms with Crippen molar-refractivity contribution in [1.29, 1.82) is 0 Å². The number of carbonyl (C=O) groups excluding carboxylic acids is 2. The Morgan fingerprint density at radius 1 is 1.13 bits per heavy atom. The number of hydrogen-bond acceptors (Lipinski definition) is 4. The maximum Gasteiger partial charge on any atom is 0.179 e. The van der Waals surface area contributed by atoms with Gasteiger partial charge in [-0.1, -0.05) is 25.1 Å². The third-order valence-corrected chi connectivity index (χ3v) is 7.58. The highest BCUT2D eigenvalue weighted by Crippen LogP contribution is 2.53. The van der Waals surface area contributed by atoms with E-state index in [0.29, 0.717) is 32.1 Å². The van der Waals surface area contributed by atoms with E-state index >= 15 is 0 Å². The lowest BCUT2D eigenvalue weighted by molar-refractivity contribution is -0.137. The van der Waals surface area contributed by atoms with Crippen LogP contribution >= 0.6 is 0 Å². The third kappa shape index (κ3) is 2.65. The maximum atomic E-state index is 12.7. The van der Waals surface area contributed by atoms with Gasteiger partial charge in [0, 0.05) is 24.2 Å². The summed E-state index contributed by atoms with van der Waals surface area (Å²) in [6.45, 7) is 1.98. The number of benzene rings is 1. The zero-order chi connectivity index (χ0) is 16.7. The quantitative estimate of drug-likeness (QED) is 0.849. The number of carbonyl (C=O) groups is 2. The van der Waals surface area contributed by atoms with Gasteiger partial charge in [0.25, 0.3) is 0 Å². The number of hydrogen-bond donors (Lipinski definition) is 0. The van der Waals surface area contributed by atoms with Crippen LogP contribution in [0.4, 0.5) is 0 Å². The first kappa shape index (κ1) is 16.4. The molecule has 1 aromatic carbocycles. The second kappa shape index (κ2) is 5.86. The van der Waals surface area contributed by atoms with Crippen molar-refractivity contribution >= 4 is 21.4 Å². The molecule has 2 saturated carbocycles. The highest BCUT2D eigenvalue weighted by molar-refractivity contribution is 7.91. The van der Waals surface area contributed by atoms with Crippen LogP contribution < -0.4 is 0 Å². The molecule has 2 aliphatic carbocycles. The van der Waals surface area contributed by atoms with Crippen LogP contribution in [0.1, 0.15) is 39.0 Å². The van der Waals surface area contributed by atoms with E-state index in [1.807, 2.05) is 6.92 Å². The summed E-state index contributed by atoms with van der Waals surface area (Å²) in [6, 6.07) is 8.27. The zero-order valence-corrected chi connectivity index (χ0v) is 14.1. The van der Waals surface area contributed by atoms with Crippen molar-refractivity contribution in [3.63, 3.8) is 0 Å². The minimum Gasteiger partial charge on any atom is -0.299 e. The summed E-state index contributed by atoms with van der Waals surface area (Å²) < 4.78 is 25.3. The van der Waals surface area contributed by atoms with E-state index < -0.39 is 21.2 Å². The smallest absolute Gasteiger partial charge is 0.179 e. The van der Waals surface area contributed by atoms with Crippen LogP contribution in [-0.4, -0.2) is 25.7 Å². The number of fused-ring (bicyclic) bond motifs is 1. The monoisotopic (exact) mass is 334 g/mol. The van der Waals surface area contributed by atoms with E-state index in [1.54, 1.807) is 30.3 Å². The first-order valence-corrected chi connectivity index (χ1v) is 9.90. The second-order valence-electron chi connectivity index (χ2n) is 6.75. The van der Waals surface area contributed by atoms with Crippen LogP contribution in [0.15, 0.2) is 35.2 Å². The molecular formula is C18H22O4S. The lowest BCUT2D eigenvalue weighted by atomic mass is 9.62. The minimum absolute atomic E-state index is 0.00767. The molecule has 0 amide bonds. The number of ketones is 2. The fourth-order valence-electron chi connectivity index (χ4n) is 4.49. The Hall–Kier alpha value is -1.49. The highest BCUT2D eigenvalue weighted by atomic mass is 32.2. The van der Waals surface area contributed by atoms with Crippen molar-refractivity contribution in [2.24, 2.45) is 17.3 Å². The number of rotatable bonds is 4. The van der Waals surface area contributed by atoms with Crippen LogP contribution in [0.25, 0.3) is 0 Å². The van der Waals surface area contributed by atoms with E-state index in [9.17, 15) is 18.0 Å². The van der Waals surface area contributed by atoms with Gasteiger partial charge in [-0.15, -0.1) is 0 Å². The summed E-state index contributed by atoms with van der Waals surface area (Å²) in [4.78, 5) is 25.1. The van der Waals surface area contributed by atoms with Crippen molar-refractivity contribution < 1.29 is 18.0 Å². The first-order valence-electron chi connectivity index (χ1n) is 8.24. The van der Waals surface area contributed by atoms with E-state index in [0.717, 1.165) is 0 Å². The Kier molecular flexibility index (Phi) is 4.17. The Labute approximate surface area is 137 Å². The van der Waals surface area contributed by atoms with Gasteiger partial charge in [0.1, 0.15) is 11.6 Å². The predicted octanol–water partition coefficient (Wildman–Crippen LogP) is 2.81. The number of sulfone groups is 1. The van der Waals surface area contributed by atoms with Gasteiger partial charge in [-0.3, -0.25) is 9.59 Å². The van der Waals surface area contributed by atoms with Gasteiger partial charge >= 0.3 is 0 Å². The SMILES string of the molecule is CC[C@]12CCC(=O)C(CS(=O)(=O)c3ccccc3)C1CCC2=O. The molecule has 0 radical (unpaired) electrons. The fraction of sp³-hybridized carbons (Fsp3) is 0.556. The summed E-state index contributed by atoms with van der Waals surface area (Å²) in [5.41, 5.74) is -0.467. The standard InChI is InChI=1S/C18H22O4S/c1-2-18-11-10-16(19)14(15(18)8-9-17(18)20)12-23(21,22)13-6-4-3-5-7-13/h3-7,14-15H,2,8-12H2,1H3/t14?,15?,18-/m0/s1. The largest absolute Gasteiger partial charge is 0.299 e. The van der Waals surface area contributed by atoms with Crippen LogP contribution in [-0.2, 0) is 19.4 Å². The molecule has 2 fully saturated rings. The molecule has 124 valence electrons. The van der Waals surface area contributed by atoms with E-state index in [4.69, 9.17) is 0 Å². The molecule has 0 saturated heterocycles. The summed E-state index contributed by atoms with van der Waals surface area (Å²) in [5.74, 6) is -0.594. The Balaban J connectivity index is 1.92. The average molecular weight is 334 g/mol. The van der Waals surface area contributed by atoms with Crippen molar-refractivity contribution in [3.8, 4) is 0 Å². The molecule has 1 aromatic rings. The predicted molar refractivity (Wildman–Crippen MR) is 86.7 cm³/mol. The summed E-state index contributed by atoms with van der Waals surface area (Å²) in [6.07, 6.45) is 2.74. The van der Waals surface area contributed by atoms with Gasteiger partial charge in [-0.05, 0) is 37.3 Å². The lowest BCUT2D eigenvalue weighted by Crippen LogP contribution is -2.45. The highest BCUT2D eigenvalue weighted by Gasteiger charge is 2.56. The molecule has 23 heavy (non-hydrogen) atoms. The molecular weight excluding hydrogens is 312 g/mol. The summed E-state index contributed by atoms with van der Waals surface area (Å²) >= 11 is 0. The molecule has 3 atom stereocenters. The van der Waals surface area contributed by atoms with Crippen molar-refractivity contribution in [3.05, 3.63) is 30.3 Å². The molecule has 0 aliphatic heterocycles. The molecule has 0 bridgehead atoms. The van der Waals surface area contributed by atoms with Gasteiger partial charge in [0.05, 0.1) is 10.6 Å².